The maximum Gasteiger partial charge on any atom is 0.303 e. The van der Waals surface area contributed by atoms with E-state index in [1.54, 1.807) is 14.2 Å². The second-order valence-corrected chi connectivity index (χ2v) is 11.9. The zero-order valence-corrected chi connectivity index (χ0v) is 20.4. The van der Waals surface area contributed by atoms with Gasteiger partial charge in [-0.15, -0.1) is 0 Å². The lowest BCUT2D eigenvalue weighted by atomic mass is 9.43. The lowest BCUT2D eigenvalue weighted by molar-refractivity contribution is -0.324. The topological polar surface area (TPSA) is 107 Å². The van der Waals surface area contributed by atoms with Crippen LogP contribution in [0.1, 0.15) is 39.5 Å². The molecule has 7 aliphatic rings. The number of rotatable bonds is 4. The minimum absolute atomic E-state index is 0.0390. The van der Waals surface area contributed by atoms with E-state index < -0.39 is 40.3 Å². The summed E-state index contributed by atoms with van der Waals surface area (Å²) in [6.45, 7) is 5.27. The number of aliphatic hydroxyl groups excluding tert-OH is 1. The van der Waals surface area contributed by atoms with Gasteiger partial charge in [0.2, 0.25) is 0 Å². The van der Waals surface area contributed by atoms with Gasteiger partial charge in [0.25, 0.3) is 0 Å². The van der Waals surface area contributed by atoms with Gasteiger partial charge in [0.15, 0.2) is 5.60 Å². The lowest BCUT2D eigenvalue weighted by Gasteiger charge is -2.70. The summed E-state index contributed by atoms with van der Waals surface area (Å²) in [6, 6.07) is -0.258. The molecule has 190 valence electrons. The number of methoxy groups -OCH3 is 2. The predicted octanol–water partition coefficient (Wildman–Crippen LogP) is 0.306. The van der Waals surface area contributed by atoms with Gasteiger partial charge in [0.05, 0.1) is 35.4 Å². The number of esters is 1. The molecule has 0 radical (unpaired) electrons. The van der Waals surface area contributed by atoms with E-state index in [2.05, 4.69) is 11.8 Å². The molecule has 2 N–H and O–H groups in total. The van der Waals surface area contributed by atoms with Crippen LogP contribution in [-0.4, -0.2) is 102 Å². The van der Waals surface area contributed by atoms with Crippen molar-refractivity contribution in [2.24, 2.45) is 29.1 Å². The Morgan fingerprint density at radius 3 is 2.65 bits per heavy atom. The summed E-state index contributed by atoms with van der Waals surface area (Å²) in [4.78, 5) is 15.0. The highest BCUT2D eigenvalue weighted by Crippen LogP contribution is 2.82. The Labute approximate surface area is 200 Å². The summed E-state index contributed by atoms with van der Waals surface area (Å²) in [5, 5.41) is 24.6. The SMILES string of the molecule is CCN1C[C@@H]2CC[C@H](OC)[C@]34[C@@H]2[C@H](OC(C)=O)[C@@]2(OCO[C@@]25C[C@H](O)[C@H]2C[C@]3(O)[C@@H]5[C@H]2OC)[C@@H]14. The molecule has 3 spiro atoms. The number of carbonyl (C=O) groups excluding carboxylic acids is 1. The van der Waals surface area contributed by atoms with Gasteiger partial charge in [0, 0.05) is 51.9 Å². The van der Waals surface area contributed by atoms with Crippen LogP contribution in [0.15, 0.2) is 0 Å². The maximum atomic E-state index is 13.1. The number of nitrogens with zero attached hydrogens (tertiary/aromatic N) is 1. The first-order valence-corrected chi connectivity index (χ1v) is 12.9. The van der Waals surface area contributed by atoms with Crippen LogP contribution >= 0.6 is 0 Å². The van der Waals surface area contributed by atoms with Crippen LogP contribution in [0.5, 0.6) is 0 Å². The van der Waals surface area contributed by atoms with E-state index in [-0.39, 0.29) is 48.8 Å². The van der Waals surface area contributed by atoms with E-state index in [1.165, 1.54) is 6.92 Å². The molecular formula is C25H37NO8. The van der Waals surface area contributed by atoms with Crippen molar-refractivity contribution < 1.29 is 38.7 Å². The van der Waals surface area contributed by atoms with Crippen LogP contribution in [0.2, 0.25) is 0 Å². The average Bonchev–Trinajstić information content (AvgIpc) is 3.35. The van der Waals surface area contributed by atoms with Gasteiger partial charge < -0.3 is 33.9 Å². The highest BCUT2D eigenvalue weighted by molar-refractivity contribution is 5.67. The van der Waals surface area contributed by atoms with Crippen molar-refractivity contribution in [1.82, 2.24) is 4.90 Å². The van der Waals surface area contributed by atoms with Crippen molar-refractivity contribution in [2.75, 3.05) is 34.1 Å². The fraction of sp³-hybridized carbons (Fsp3) is 0.960. The van der Waals surface area contributed by atoms with E-state index in [1.807, 2.05) is 0 Å². The minimum atomic E-state index is -1.22. The quantitative estimate of drug-likeness (QED) is 0.551. The van der Waals surface area contributed by atoms with Crippen molar-refractivity contribution >= 4 is 5.97 Å². The van der Waals surface area contributed by atoms with Gasteiger partial charge in [-0.2, -0.15) is 0 Å². The van der Waals surface area contributed by atoms with Gasteiger partial charge in [-0.05, 0) is 31.7 Å². The lowest BCUT2D eigenvalue weighted by Crippen LogP contribution is -2.85. The second kappa shape index (κ2) is 6.73. The van der Waals surface area contributed by atoms with Gasteiger partial charge in [-0.25, -0.2) is 0 Å². The van der Waals surface area contributed by atoms with Crippen molar-refractivity contribution in [1.29, 1.82) is 0 Å². The van der Waals surface area contributed by atoms with Gasteiger partial charge in [-0.1, -0.05) is 6.92 Å². The van der Waals surface area contributed by atoms with Crippen LogP contribution in [0.25, 0.3) is 0 Å². The predicted molar refractivity (Wildman–Crippen MR) is 116 cm³/mol. The molecule has 9 heteroatoms. The van der Waals surface area contributed by atoms with Crippen LogP contribution in [0.4, 0.5) is 0 Å². The Hall–Kier alpha value is -0.810. The fourth-order valence-electron chi connectivity index (χ4n) is 11.1. The first kappa shape index (κ1) is 22.4. The number of aliphatic hydroxyl groups is 2. The highest BCUT2D eigenvalue weighted by Gasteiger charge is 2.96. The summed E-state index contributed by atoms with van der Waals surface area (Å²) in [5.74, 6) is -0.842. The minimum Gasteiger partial charge on any atom is -0.459 e. The van der Waals surface area contributed by atoms with Crippen LogP contribution in [0, 0.1) is 29.1 Å². The van der Waals surface area contributed by atoms with E-state index in [0.717, 1.165) is 25.9 Å². The summed E-state index contributed by atoms with van der Waals surface area (Å²) >= 11 is 0. The maximum absolute atomic E-state index is 13.1. The Balaban J connectivity index is 1.60. The Bertz CT molecular complexity index is 917. The monoisotopic (exact) mass is 479 g/mol. The highest BCUT2D eigenvalue weighted by atomic mass is 16.7. The number of likely N-dealkylation sites (tertiary alicyclic amines) is 1. The zero-order chi connectivity index (χ0) is 23.8. The van der Waals surface area contributed by atoms with Crippen molar-refractivity contribution in [3.8, 4) is 0 Å². The summed E-state index contributed by atoms with van der Waals surface area (Å²) in [6.07, 6.45) is 0.622. The number of carbonyl (C=O) groups is 1. The molecule has 2 aliphatic heterocycles. The van der Waals surface area contributed by atoms with E-state index >= 15 is 0 Å². The molecule has 2 heterocycles. The molecule has 13 atom stereocenters. The standard InChI is InChI=1S/C25H37NO8/c1-5-26-10-13-6-7-16(30-3)24-17(13)20(34-12(2)27)25(21(24)26)23(32-11-33-25)9-15(28)14-8-22(24,29)19(23)18(14)31-4/h13-21,28-29H,5-11H2,1-4H3/t13-,14+,15-,16-,17-,18-,19-,20-,21-,22-,23+,24+,25+/m0/s1. The molecule has 9 nitrogen and oxygen atoms in total. The smallest absolute Gasteiger partial charge is 0.303 e. The fourth-order valence-corrected chi connectivity index (χ4v) is 11.1. The number of hydrogen-bond acceptors (Lipinski definition) is 9. The summed E-state index contributed by atoms with van der Waals surface area (Å²) in [5.41, 5.74) is -3.98. The molecule has 7 rings (SSSR count). The summed E-state index contributed by atoms with van der Waals surface area (Å²) in [7, 11) is 3.39. The third-order valence-electron chi connectivity index (χ3n) is 11.4. The first-order chi connectivity index (χ1) is 16.3. The van der Waals surface area contributed by atoms with Gasteiger partial charge in [-0.3, -0.25) is 9.69 Å². The molecule has 2 saturated heterocycles. The molecule has 0 aromatic rings. The molecule has 0 aromatic carbocycles. The molecule has 7 fully saturated rings. The van der Waals surface area contributed by atoms with Crippen LogP contribution in [-0.2, 0) is 28.5 Å². The molecule has 5 aliphatic carbocycles. The largest absolute Gasteiger partial charge is 0.459 e. The summed E-state index contributed by atoms with van der Waals surface area (Å²) < 4.78 is 31.9. The van der Waals surface area contributed by atoms with E-state index in [0.29, 0.717) is 12.8 Å². The zero-order valence-electron chi connectivity index (χ0n) is 20.4. The third-order valence-corrected chi connectivity index (χ3v) is 11.4. The molecular weight excluding hydrogens is 442 g/mol. The molecule has 7 bridgehead atoms. The Morgan fingerprint density at radius 2 is 1.97 bits per heavy atom. The van der Waals surface area contributed by atoms with Crippen molar-refractivity contribution in [2.45, 2.75) is 86.8 Å². The van der Waals surface area contributed by atoms with Crippen LogP contribution in [0.3, 0.4) is 0 Å². The number of hydrogen-bond donors (Lipinski definition) is 2. The number of piperidine rings is 1. The number of ether oxygens (including phenoxy) is 5. The van der Waals surface area contributed by atoms with Crippen molar-refractivity contribution in [3.05, 3.63) is 0 Å². The van der Waals surface area contributed by atoms with Gasteiger partial charge >= 0.3 is 5.97 Å². The molecule has 0 amide bonds. The number of likely N-dealkylation sites (N-methyl/N-ethyl adjacent to an activating group) is 1. The van der Waals surface area contributed by atoms with Gasteiger partial charge in [0.1, 0.15) is 18.5 Å². The molecule has 0 aromatic heterocycles. The molecule has 5 saturated carbocycles. The van der Waals surface area contributed by atoms with E-state index in [9.17, 15) is 15.0 Å². The molecule has 34 heavy (non-hydrogen) atoms. The van der Waals surface area contributed by atoms with E-state index in [4.69, 9.17) is 23.7 Å². The Kier molecular flexibility index (Phi) is 4.44. The average molecular weight is 480 g/mol. The second-order valence-electron chi connectivity index (χ2n) is 11.9. The van der Waals surface area contributed by atoms with Crippen LogP contribution < -0.4 is 0 Å². The molecule has 0 unspecified atom stereocenters. The third kappa shape index (κ3) is 1.97. The normalized spacial score (nSPS) is 60.8. The Morgan fingerprint density at radius 1 is 1.18 bits per heavy atom. The first-order valence-electron chi connectivity index (χ1n) is 12.9. The van der Waals surface area contributed by atoms with Crippen molar-refractivity contribution in [3.63, 3.8) is 0 Å². The number of fused-ring (bicyclic) bond motifs is 1.